The van der Waals surface area contributed by atoms with Crippen LogP contribution in [0.3, 0.4) is 0 Å². The number of piperidine rings is 2. The predicted molar refractivity (Wildman–Crippen MR) is 29.8 cm³/mol. The van der Waals surface area contributed by atoms with Crippen LogP contribution >= 0.6 is 0 Å². The number of carbonyl (C=O) groups is 3. The van der Waals surface area contributed by atoms with Crippen molar-refractivity contribution in [3.8, 4) is 0 Å². The number of ketones is 1. The first-order chi connectivity index (χ1) is 4.70. The van der Waals surface area contributed by atoms with Gasteiger partial charge in [0.2, 0.25) is 11.8 Å². The van der Waals surface area contributed by atoms with Gasteiger partial charge in [0.05, 0.1) is 11.8 Å². The van der Waals surface area contributed by atoms with Crippen LogP contribution in [0.5, 0.6) is 0 Å². The van der Waals surface area contributed by atoms with E-state index in [0.717, 1.165) is 0 Å². The first-order valence-electron chi connectivity index (χ1n) is 3.08. The molecule has 4 nitrogen and oxygen atoms in total. The van der Waals surface area contributed by atoms with Crippen molar-refractivity contribution < 1.29 is 14.4 Å². The molecule has 3 fully saturated rings. The molecule has 0 radical (unpaired) electrons. The largest absolute Gasteiger partial charge is 0.298 e. The summed E-state index contributed by atoms with van der Waals surface area (Å²) in [6.07, 6.45) is 0.434. The van der Waals surface area contributed by atoms with Gasteiger partial charge in [-0.3, -0.25) is 19.7 Å². The molecule has 2 unspecified atom stereocenters. The summed E-state index contributed by atoms with van der Waals surface area (Å²) in [5.74, 6) is -2.06. The zero-order chi connectivity index (χ0) is 7.30. The Balaban J connectivity index is 2.33. The number of fused-ring (bicyclic) bond motifs is 2. The molecule has 10 heavy (non-hydrogen) atoms. The van der Waals surface area contributed by atoms with E-state index in [0.29, 0.717) is 6.42 Å². The molecule has 0 aromatic rings. The van der Waals surface area contributed by atoms with Gasteiger partial charge < -0.3 is 0 Å². The number of rotatable bonds is 0. The molecule has 1 N–H and O–H groups in total. The molecule has 2 amide bonds. The van der Waals surface area contributed by atoms with Crippen molar-refractivity contribution >= 4 is 17.6 Å². The number of carbonyl (C=O) groups excluding carboxylic acids is 3. The molecule has 0 spiro atoms. The van der Waals surface area contributed by atoms with Gasteiger partial charge in [0.25, 0.3) is 0 Å². The van der Waals surface area contributed by atoms with Gasteiger partial charge in [-0.1, -0.05) is 0 Å². The highest BCUT2D eigenvalue weighted by Gasteiger charge is 2.52. The van der Waals surface area contributed by atoms with E-state index in [-0.39, 0.29) is 5.78 Å². The maximum absolute atomic E-state index is 10.8. The fourth-order valence-electron chi connectivity index (χ4n) is 1.32. The van der Waals surface area contributed by atoms with Crippen LogP contribution in [0.1, 0.15) is 6.42 Å². The third-order valence-corrected chi connectivity index (χ3v) is 2.04. The van der Waals surface area contributed by atoms with Crippen LogP contribution in [0.25, 0.3) is 0 Å². The van der Waals surface area contributed by atoms with E-state index in [1.165, 1.54) is 0 Å². The maximum atomic E-state index is 10.8. The Kier molecular flexibility index (Phi) is 0.809. The molecule has 3 aliphatic rings. The summed E-state index contributed by atoms with van der Waals surface area (Å²) in [6.45, 7) is 0. The van der Waals surface area contributed by atoms with Crippen LogP contribution < -0.4 is 5.32 Å². The smallest absolute Gasteiger partial charge is 0.237 e. The third-order valence-electron chi connectivity index (χ3n) is 2.04. The van der Waals surface area contributed by atoms with Crippen LogP contribution in [-0.2, 0) is 14.4 Å². The second-order valence-electron chi connectivity index (χ2n) is 2.60. The van der Waals surface area contributed by atoms with Crippen LogP contribution in [-0.4, -0.2) is 17.6 Å². The number of Topliss-reactive ketones (excluding diaryl/α,β-unsaturated/α-hetero) is 1. The molecule has 2 heterocycles. The molecule has 2 aliphatic heterocycles. The van der Waals surface area contributed by atoms with Crippen molar-refractivity contribution in [1.29, 1.82) is 0 Å². The number of amides is 2. The summed E-state index contributed by atoms with van der Waals surface area (Å²) < 4.78 is 0. The summed E-state index contributed by atoms with van der Waals surface area (Å²) in [7, 11) is 0. The number of hydrogen-bond acceptors (Lipinski definition) is 3. The standard InChI is InChI=1S/C6H5NO3/c8-4-2-1-3(4)6(10)7-5(2)9/h2-3H,1H2,(H,7,9,10). The number of hydrogen-bond donors (Lipinski definition) is 1. The van der Waals surface area contributed by atoms with Gasteiger partial charge in [0.1, 0.15) is 0 Å². The molecule has 52 valence electrons. The van der Waals surface area contributed by atoms with E-state index in [2.05, 4.69) is 5.32 Å². The van der Waals surface area contributed by atoms with Crippen LogP contribution in [0, 0.1) is 11.8 Å². The molecular weight excluding hydrogens is 134 g/mol. The van der Waals surface area contributed by atoms with Gasteiger partial charge >= 0.3 is 0 Å². The summed E-state index contributed by atoms with van der Waals surface area (Å²) in [6, 6.07) is 0. The predicted octanol–water partition coefficient (Wildman–Crippen LogP) is -1.15. The van der Waals surface area contributed by atoms with Crippen molar-refractivity contribution in [2.75, 3.05) is 0 Å². The fraction of sp³-hybridized carbons (Fsp3) is 0.500. The van der Waals surface area contributed by atoms with E-state index in [9.17, 15) is 14.4 Å². The zero-order valence-electron chi connectivity index (χ0n) is 5.09. The number of nitrogens with one attached hydrogen (secondary N) is 1. The molecule has 2 saturated heterocycles. The van der Waals surface area contributed by atoms with Crippen molar-refractivity contribution in [3.63, 3.8) is 0 Å². The summed E-state index contributed by atoms with van der Waals surface area (Å²) in [4.78, 5) is 32.2. The Morgan fingerprint density at radius 2 is 1.60 bits per heavy atom. The monoisotopic (exact) mass is 139 g/mol. The molecule has 2 atom stereocenters. The van der Waals surface area contributed by atoms with Crippen molar-refractivity contribution in [3.05, 3.63) is 0 Å². The van der Waals surface area contributed by atoms with Crippen LogP contribution in [0.2, 0.25) is 0 Å². The van der Waals surface area contributed by atoms with E-state index >= 15 is 0 Å². The molecule has 4 heteroatoms. The van der Waals surface area contributed by atoms with Gasteiger partial charge in [-0.15, -0.1) is 0 Å². The Labute approximate surface area is 56.6 Å². The van der Waals surface area contributed by atoms with Gasteiger partial charge in [0.15, 0.2) is 5.78 Å². The van der Waals surface area contributed by atoms with Crippen molar-refractivity contribution in [2.45, 2.75) is 6.42 Å². The van der Waals surface area contributed by atoms with E-state index < -0.39 is 23.7 Å². The first kappa shape index (κ1) is 5.58. The molecule has 0 aromatic carbocycles. The number of imide groups is 1. The van der Waals surface area contributed by atoms with Crippen molar-refractivity contribution in [2.24, 2.45) is 11.8 Å². The molecule has 2 bridgehead atoms. The second kappa shape index (κ2) is 1.45. The Hall–Kier alpha value is -1.19. The normalized spacial score (nSPS) is 37.0. The lowest BCUT2D eigenvalue weighted by molar-refractivity contribution is -0.157. The lowest BCUT2D eigenvalue weighted by Crippen LogP contribution is -2.60. The minimum atomic E-state index is -0.511. The van der Waals surface area contributed by atoms with E-state index in [1.807, 2.05) is 0 Å². The van der Waals surface area contributed by atoms with Crippen molar-refractivity contribution in [1.82, 2.24) is 5.32 Å². The maximum Gasteiger partial charge on any atom is 0.237 e. The van der Waals surface area contributed by atoms with E-state index in [1.54, 1.807) is 0 Å². The van der Waals surface area contributed by atoms with Gasteiger partial charge in [0, 0.05) is 0 Å². The van der Waals surface area contributed by atoms with Gasteiger partial charge in [-0.2, -0.15) is 0 Å². The average Bonchev–Trinajstić information content (AvgIpc) is 1.83. The lowest BCUT2D eigenvalue weighted by atomic mass is 9.69. The lowest BCUT2D eigenvalue weighted by Gasteiger charge is -2.36. The SMILES string of the molecule is O=C1NC(=O)C2CC1C2=O. The van der Waals surface area contributed by atoms with Gasteiger partial charge in [-0.25, -0.2) is 0 Å². The molecule has 0 aromatic heterocycles. The Morgan fingerprint density at radius 1 is 1.10 bits per heavy atom. The minimum Gasteiger partial charge on any atom is -0.298 e. The highest BCUT2D eigenvalue weighted by molar-refractivity contribution is 6.24. The fourth-order valence-corrected chi connectivity index (χ4v) is 1.32. The summed E-state index contributed by atoms with van der Waals surface area (Å²) in [5, 5.41) is 2.11. The Morgan fingerprint density at radius 3 is 1.90 bits per heavy atom. The highest BCUT2D eigenvalue weighted by Crippen LogP contribution is 2.33. The van der Waals surface area contributed by atoms with E-state index in [4.69, 9.17) is 0 Å². The molecule has 1 aliphatic carbocycles. The summed E-state index contributed by atoms with van der Waals surface area (Å²) >= 11 is 0. The minimum absolute atomic E-state index is 0.200. The zero-order valence-corrected chi connectivity index (χ0v) is 5.09. The molecule has 3 rings (SSSR count). The first-order valence-corrected chi connectivity index (χ1v) is 3.08. The second-order valence-corrected chi connectivity index (χ2v) is 2.60. The topological polar surface area (TPSA) is 63.2 Å². The highest BCUT2D eigenvalue weighted by atomic mass is 16.2. The average molecular weight is 139 g/mol. The van der Waals surface area contributed by atoms with Crippen LogP contribution in [0.4, 0.5) is 0 Å². The third kappa shape index (κ3) is 0.442. The quantitative estimate of drug-likeness (QED) is 0.340. The molecule has 1 saturated carbocycles. The molecular formula is C6H5NO3. The Bertz CT molecular complexity index is 209. The van der Waals surface area contributed by atoms with Gasteiger partial charge in [-0.05, 0) is 6.42 Å². The summed E-state index contributed by atoms with van der Waals surface area (Å²) in [5.41, 5.74) is 0. The van der Waals surface area contributed by atoms with Crippen LogP contribution in [0.15, 0.2) is 0 Å².